The number of hydrogen-bond donors (Lipinski definition) is 0. The van der Waals surface area contributed by atoms with Gasteiger partial charge in [-0.1, -0.05) is 18.6 Å². The summed E-state index contributed by atoms with van der Waals surface area (Å²) < 4.78 is 5.13. The molecule has 1 aliphatic rings. The Bertz CT molecular complexity index is 218. The summed E-state index contributed by atoms with van der Waals surface area (Å²) in [6.45, 7) is 4.91. The molecule has 0 aromatic rings. The number of ether oxygens (including phenoxy) is 1. The smallest absolute Gasteiger partial charge is 0.306 e. The molecule has 1 atom stereocenters. The zero-order valence-electron chi connectivity index (χ0n) is 9.21. The van der Waals surface area contributed by atoms with Gasteiger partial charge < -0.3 is 4.74 Å². The maximum absolute atomic E-state index is 11.2. The van der Waals surface area contributed by atoms with E-state index in [4.69, 9.17) is 4.74 Å². The van der Waals surface area contributed by atoms with Gasteiger partial charge in [0, 0.05) is 6.42 Å². The quantitative estimate of drug-likeness (QED) is 0.439. The van der Waals surface area contributed by atoms with Gasteiger partial charge in [0.15, 0.2) is 0 Å². The standard InChI is InChI=1S/C12H20O2/c1-10-4-3-5-11(2)8-9-14-12(13)7-6-10/h4,11H,3,5-9H2,1-2H3. The van der Waals surface area contributed by atoms with Crippen LogP contribution in [0.1, 0.15) is 46.0 Å². The summed E-state index contributed by atoms with van der Waals surface area (Å²) in [6, 6.07) is 0. The Kier molecular flexibility index (Phi) is 4.71. The summed E-state index contributed by atoms with van der Waals surface area (Å²) in [5, 5.41) is 0. The first-order valence-corrected chi connectivity index (χ1v) is 5.49. The molecule has 0 saturated carbocycles. The van der Waals surface area contributed by atoms with Crippen LogP contribution in [-0.4, -0.2) is 12.6 Å². The van der Waals surface area contributed by atoms with Crippen molar-refractivity contribution >= 4 is 5.97 Å². The van der Waals surface area contributed by atoms with Gasteiger partial charge in [-0.2, -0.15) is 0 Å². The Balaban J connectivity index is 2.47. The number of rotatable bonds is 0. The van der Waals surface area contributed by atoms with Crippen LogP contribution >= 0.6 is 0 Å². The van der Waals surface area contributed by atoms with Gasteiger partial charge in [-0.15, -0.1) is 0 Å². The molecule has 0 spiro atoms. The SMILES string of the molecule is CC1=CCCC(C)CCOC(=O)CC1. The molecule has 0 aromatic carbocycles. The van der Waals surface area contributed by atoms with Gasteiger partial charge in [-0.3, -0.25) is 4.79 Å². The molecular weight excluding hydrogens is 176 g/mol. The van der Waals surface area contributed by atoms with E-state index in [0.717, 1.165) is 19.3 Å². The lowest BCUT2D eigenvalue weighted by Crippen LogP contribution is -2.07. The highest BCUT2D eigenvalue weighted by molar-refractivity contribution is 5.69. The van der Waals surface area contributed by atoms with Crippen LogP contribution in [0.4, 0.5) is 0 Å². The minimum absolute atomic E-state index is 0.0492. The van der Waals surface area contributed by atoms with Gasteiger partial charge in [0.25, 0.3) is 0 Å². The predicted octanol–water partition coefficient (Wildman–Crippen LogP) is 3.08. The summed E-state index contributed by atoms with van der Waals surface area (Å²) in [5.41, 5.74) is 1.32. The molecule has 0 aliphatic carbocycles. The van der Waals surface area contributed by atoms with E-state index in [1.165, 1.54) is 12.0 Å². The first kappa shape index (κ1) is 11.3. The summed E-state index contributed by atoms with van der Waals surface area (Å²) >= 11 is 0. The third-order valence-corrected chi connectivity index (χ3v) is 2.75. The van der Waals surface area contributed by atoms with E-state index in [9.17, 15) is 4.79 Å². The fourth-order valence-corrected chi connectivity index (χ4v) is 1.61. The van der Waals surface area contributed by atoms with Crippen molar-refractivity contribution in [2.75, 3.05) is 6.61 Å². The highest BCUT2D eigenvalue weighted by Crippen LogP contribution is 2.15. The number of carbonyl (C=O) groups excluding carboxylic acids is 1. The second kappa shape index (κ2) is 5.84. The van der Waals surface area contributed by atoms with Crippen LogP contribution in [0.15, 0.2) is 11.6 Å². The minimum Gasteiger partial charge on any atom is -0.466 e. The summed E-state index contributed by atoms with van der Waals surface area (Å²) in [5.74, 6) is 0.608. The van der Waals surface area contributed by atoms with Crippen molar-refractivity contribution in [3.8, 4) is 0 Å². The van der Waals surface area contributed by atoms with Crippen LogP contribution in [0.2, 0.25) is 0 Å². The molecule has 0 bridgehead atoms. The van der Waals surface area contributed by atoms with E-state index in [1.807, 2.05) is 0 Å². The highest BCUT2D eigenvalue weighted by Gasteiger charge is 2.07. The molecule has 14 heavy (non-hydrogen) atoms. The monoisotopic (exact) mass is 196 g/mol. The molecule has 80 valence electrons. The number of allylic oxidation sites excluding steroid dienone is 2. The average Bonchev–Trinajstić information content (AvgIpc) is 2.16. The summed E-state index contributed by atoms with van der Waals surface area (Å²) in [4.78, 5) is 11.2. The fraction of sp³-hybridized carbons (Fsp3) is 0.750. The zero-order valence-corrected chi connectivity index (χ0v) is 9.21. The molecule has 0 aromatic heterocycles. The van der Waals surface area contributed by atoms with Gasteiger partial charge in [-0.05, 0) is 38.5 Å². The Hall–Kier alpha value is -0.790. The van der Waals surface area contributed by atoms with Gasteiger partial charge in [0.1, 0.15) is 0 Å². The van der Waals surface area contributed by atoms with Crippen molar-refractivity contribution in [1.29, 1.82) is 0 Å². The lowest BCUT2D eigenvalue weighted by Gasteiger charge is -2.09. The Morgan fingerprint density at radius 3 is 2.93 bits per heavy atom. The Morgan fingerprint density at radius 2 is 2.14 bits per heavy atom. The second-order valence-electron chi connectivity index (χ2n) is 4.24. The highest BCUT2D eigenvalue weighted by atomic mass is 16.5. The molecule has 0 saturated heterocycles. The lowest BCUT2D eigenvalue weighted by molar-refractivity contribution is -0.143. The number of hydrogen-bond acceptors (Lipinski definition) is 2. The minimum atomic E-state index is -0.0492. The van der Waals surface area contributed by atoms with E-state index >= 15 is 0 Å². The van der Waals surface area contributed by atoms with Crippen LogP contribution < -0.4 is 0 Å². The first-order chi connectivity index (χ1) is 6.68. The van der Waals surface area contributed by atoms with E-state index < -0.39 is 0 Å². The molecule has 2 nitrogen and oxygen atoms in total. The van der Waals surface area contributed by atoms with E-state index in [2.05, 4.69) is 19.9 Å². The first-order valence-electron chi connectivity index (χ1n) is 5.49. The number of carbonyl (C=O) groups is 1. The van der Waals surface area contributed by atoms with E-state index in [1.54, 1.807) is 0 Å². The van der Waals surface area contributed by atoms with Crippen LogP contribution in [-0.2, 0) is 9.53 Å². The maximum atomic E-state index is 11.2. The van der Waals surface area contributed by atoms with Gasteiger partial charge in [0.2, 0.25) is 0 Å². The van der Waals surface area contributed by atoms with E-state index in [-0.39, 0.29) is 5.97 Å². The van der Waals surface area contributed by atoms with Gasteiger partial charge in [0.05, 0.1) is 6.61 Å². The molecule has 0 radical (unpaired) electrons. The molecule has 1 heterocycles. The van der Waals surface area contributed by atoms with Crippen molar-refractivity contribution in [2.24, 2.45) is 5.92 Å². The second-order valence-corrected chi connectivity index (χ2v) is 4.24. The third-order valence-electron chi connectivity index (χ3n) is 2.75. The summed E-state index contributed by atoms with van der Waals surface area (Å²) in [6.07, 6.45) is 6.99. The fourth-order valence-electron chi connectivity index (χ4n) is 1.61. The predicted molar refractivity (Wildman–Crippen MR) is 57.0 cm³/mol. The molecule has 1 unspecified atom stereocenters. The van der Waals surface area contributed by atoms with Gasteiger partial charge in [-0.25, -0.2) is 0 Å². The largest absolute Gasteiger partial charge is 0.466 e. The van der Waals surface area contributed by atoms with Crippen molar-refractivity contribution in [2.45, 2.75) is 46.0 Å². The zero-order chi connectivity index (χ0) is 10.4. The van der Waals surface area contributed by atoms with Crippen LogP contribution in [0.3, 0.4) is 0 Å². The Labute approximate surface area is 86.3 Å². The van der Waals surface area contributed by atoms with Gasteiger partial charge >= 0.3 is 5.97 Å². The topological polar surface area (TPSA) is 26.3 Å². The third kappa shape index (κ3) is 4.45. The molecule has 1 aliphatic heterocycles. The van der Waals surface area contributed by atoms with E-state index in [0.29, 0.717) is 18.9 Å². The molecule has 0 fully saturated rings. The molecule has 2 heteroatoms. The molecular formula is C12H20O2. The molecule has 0 N–H and O–H groups in total. The van der Waals surface area contributed by atoms with Crippen molar-refractivity contribution in [3.05, 3.63) is 11.6 Å². The lowest BCUT2D eigenvalue weighted by atomic mass is 10.0. The average molecular weight is 196 g/mol. The van der Waals surface area contributed by atoms with Crippen molar-refractivity contribution < 1.29 is 9.53 Å². The number of esters is 1. The number of cyclic esters (lactones) is 1. The van der Waals surface area contributed by atoms with Crippen molar-refractivity contribution in [3.63, 3.8) is 0 Å². The molecule has 1 rings (SSSR count). The Morgan fingerprint density at radius 1 is 1.36 bits per heavy atom. The van der Waals surface area contributed by atoms with Crippen LogP contribution in [0.5, 0.6) is 0 Å². The maximum Gasteiger partial charge on any atom is 0.306 e. The van der Waals surface area contributed by atoms with Crippen LogP contribution in [0, 0.1) is 5.92 Å². The normalized spacial score (nSPS) is 26.0. The summed E-state index contributed by atoms with van der Waals surface area (Å²) in [7, 11) is 0. The molecule has 0 amide bonds. The van der Waals surface area contributed by atoms with Crippen molar-refractivity contribution in [1.82, 2.24) is 0 Å². The van der Waals surface area contributed by atoms with Crippen LogP contribution in [0.25, 0.3) is 0 Å².